The van der Waals surface area contributed by atoms with Crippen molar-refractivity contribution in [2.75, 3.05) is 6.54 Å². The molecule has 0 spiro atoms. The Morgan fingerprint density at radius 1 is 1.35 bits per heavy atom. The molecule has 20 heavy (non-hydrogen) atoms. The van der Waals surface area contributed by atoms with Gasteiger partial charge in [-0.1, -0.05) is 25.1 Å². The maximum atomic E-state index is 10.2. The summed E-state index contributed by atoms with van der Waals surface area (Å²) in [7, 11) is 0. The summed E-state index contributed by atoms with van der Waals surface area (Å²) in [4.78, 5) is 0. The molecule has 4 heteroatoms. The van der Waals surface area contributed by atoms with Gasteiger partial charge in [0, 0.05) is 17.5 Å². The second kappa shape index (κ2) is 6.61. The molecule has 0 aliphatic carbocycles. The summed E-state index contributed by atoms with van der Waals surface area (Å²) in [6.45, 7) is 8.83. The molecule has 2 aromatic rings. The average molecular weight is 298 g/mol. The van der Waals surface area contributed by atoms with Crippen LogP contribution in [0.25, 0.3) is 11.0 Å². The quantitative estimate of drug-likeness (QED) is 0.865. The Hall–Kier alpha value is -1.03. The van der Waals surface area contributed by atoms with Crippen molar-refractivity contribution in [1.82, 2.24) is 5.32 Å². The molecule has 2 N–H and O–H groups in total. The summed E-state index contributed by atoms with van der Waals surface area (Å²) in [6.07, 6.45) is 0.317. The molecule has 0 radical (unpaired) electrons. The third kappa shape index (κ3) is 3.98. The first kappa shape index (κ1) is 17.0. The Kier molecular flexibility index (Phi) is 5.63. The minimum absolute atomic E-state index is 0. The van der Waals surface area contributed by atoms with Gasteiger partial charge in [0.2, 0.25) is 0 Å². The zero-order valence-electron chi connectivity index (χ0n) is 13.5. The van der Waals surface area contributed by atoms with Crippen molar-refractivity contribution in [1.29, 1.82) is 0 Å². The van der Waals surface area contributed by atoms with E-state index < -0.39 is 6.10 Å². The van der Waals surface area contributed by atoms with E-state index in [1.165, 1.54) is 5.56 Å². The molecule has 0 amide bonds. The summed E-state index contributed by atoms with van der Waals surface area (Å²) < 4.78 is 5.83. The molecule has 1 atom stereocenters. The number of hydrogen-bond donors (Lipinski definition) is 2. The van der Waals surface area contributed by atoms with E-state index in [9.17, 15) is 5.11 Å². The second-order valence-electron chi connectivity index (χ2n) is 5.98. The monoisotopic (exact) mass is 297 g/mol. The average Bonchev–Trinajstić information content (AvgIpc) is 2.78. The Labute approximate surface area is 128 Å². The lowest BCUT2D eigenvalue weighted by Gasteiger charge is -2.22. The Balaban J connectivity index is 0.00000200. The van der Waals surface area contributed by atoms with Crippen LogP contribution in [0.3, 0.4) is 0 Å². The van der Waals surface area contributed by atoms with Crippen LogP contribution in [0.4, 0.5) is 0 Å². The number of benzene rings is 1. The largest absolute Gasteiger partial charge is 1.00 e. The highest BCUT2D eigenvalue weighted by molar-refractivity contribution is 5.81. The highest BCUT2D eigenvalue weighted by atomic mass is 35.5. The van der Waals surface area contributed by atoms with Gasteiger partial charge in [0.15, 0.2) is 0 Å². The van der Waals surface area contributed by atoms with E-state index in [4.69, 9.17) is 4.42 Å². The molecule has 3 nitrogen and oxygen atoms in total. The van der Waals surface area contributed by atoms with Crippen LogP contribution in [-0.2, 0) is 6.42 Å². The maximum Gasteiger partial charge on any atom is 1.00 e. The molecule has 0 aliphatic rings. The minimum Gasteiger partial charge on any atom is -1.00 e. The number of para-hydroxylation sites is 1. The fraction of sp³-hybridized carbons (Fsp3) is 0.500. The highest BCUT2D eigenvalue weighted by Gasteiger charge is 2.17. The van der Waals surface area contributed by atoms with Crippen molar-refractivity contribution in [3.63, 3.8) is 0 Å². The number of β-amino-alcohol motifs (C(OH)–C–C–N with tert-alkyl or cyclic N) is 1. The van der Waals surface area contributed by atoms with Crippen molar-refractivity contribution >= 4 is 11.0 Å². The third-order valence-electron chi connectivity index (χ3n) is 3.18. The lowest BCUT2D eigenvalue weighted by Crippen LogP contribution is -3.00. The summed E-state index contributed by atoms with van der Waals surface area (Å²) in [5.74, 6) is 0.632. The van der Waals surface area contributed by atoms with Crippen LogP contribution in [0.15, 0.2) is 28.7 Å². The number of aliphatic hydroxyl groups is 1. The van der Waals surface area contributed by atoms with E-state index >= 15 is 0 Å². The van der Waals surface area contributed by atoms with Gasteiger partial charge in [0.05, 0.1) is 0 Å². The third-order valence-corrected chi connectivity index (χ3v) is 3.18. The molecule has 0 fully saturated rings. The zero-order chi connectivity index (χ0) is 14.0. The van der Waals surface area contributed by atoms with Gasteiger partial charge in [0.1, 0.15) is 17.4 Å². The minimum atomic E-state index is -0.615. The molecule has 112 valence electrons. The number of aryl methyl sites for hydroxylation is 1. The fourth-order valence-corrected chi connectivity index (χ4v) is 2.09. The number of aliphatic hydroxyl groups excluding tert-OH is 1. The van der Waals surface area contributed by atoms with E-state index in [0.717, 1.165) is 17.4 Å². The van der Waals surface area contributed by atoms with Crippen molar-refractivity contribution < 1.29 is 23.4 Å². The normalized spacial score (nSPS) is 13.2. The molecular weight excluding hydrogens is 274 g/mol. The number of nitrogens with one attached hydrogen (secondary N) is 1. The Bertz CT molecular complexity index is 563. The lowest BCUT2D eigenvalue weighted by molar-refractivity contribution is -0.00000616. The smallest absolute Gasteiger partial charge is 1.00 e. The summed E-state index contributed by atoms with van der Waals surface area (Å²) in [5, 5.41) is 14.5. The van der Waals surface area contributed by atoms with Gasteiger partial charge in [-0.05, 0) is 38.8 Å². The second-order valence-corrected chi connectivity index (χ2v) is 5.98. The number of fused-ring (bicyclic) bond motifs is 1. The van der Waals surface area contributed by atoms with Crippen molar-refractivity contribution in [3.05, 3.63) is 35.6 Å². The molecule has 1 unspecified atom stereocenters. The molecule has 1 heterocycles. The number of hydrogen-bond acceptors (Lipinski definition) is 3. The first-order chi connectivity index (χ1) is 8.90. The van der Waals surface area contributed by atoms with Gasteiger partial charge in [-0.15, -0.1) is 0 Å². The van der Waals surface area contributed by atoms with E-state index in [1.807, 2.05) is 18.2 Å². The van der Waals surface area contributed by atoms with Gasteiger partial charge in [-0.3, -0.25) is 0 Å². The first-order valence-electron chi connectivity index (χ1n) is 6.85. The van der Waals surface area contributed by atoms with Crippen molar-refractivity contribution in [2.24, 2.45) is 0 Å². The van der Waals surface area contributed by atoms with Crippen LogP contribution in [-0.4, -0.2) is 17.2 Å². The van der Waals surface area contributed by atoms with Gasteiger partial charge in [-0.2, -0.15) is 0 Å². The molecule has 1 aromatic carbocycles. The van der Waals surface area contributed by atoms with Gasteiger partial charge in [-0.25, -0.2) is 0 Å². The van der Waals surface area contributed by atoms with Crippen LogP contribution in [0, 0.1) is 0 Å². The number of halogens is 1. The molecule has 1 aromatic heterocycles. The van der Waals surface area contributed by atoms with Crippen molar-refractivity contribution in [2.45, 2.75) is 45.8 Å². The SMILES string of the molecule is CCc1cccc2cc(C(O)CNC(C)(C)C)oc12.[Cl-].[H+]. The summed E-state index contributed by atoms with van der Waals surface area (Å²) in [6, 6.07) is 8.05. The zero-order valence-corrected chi connectivity index (χ0v) is 13.3. The van der Waals surface area contributed by atoms with E-state index in [0.29, 0.717) is 12.3 Å². The van der Waals surface area contributed by atoms with Crippen LogP contribution in [0.1, 0.15) is 46.5 Å². The van der Waals surface area contributed by atoms with E-state index in [-0.39, 0.29) is 19.4 Å². The van der Waals surface area contributed by atoms with Gasteiger partial charge < -0.3 is 27.2 Å². The highest BCUT2D eigenvalue weighted by Crippen LogP contribution is 2.27. The topological polar surface area (TPSA) is 45.4 Å². The van der Waals surface area contributed by atoms with Crippen LogP contribution in [0.2, 0.25) is 0 Å². The molecule has 0 bridgehead atoms. The van der Waals surface area contributed by atoms with Crippen LogP contribution in [0.5, 0.6) is 0 Å². The van der Waals surface area contributed by atoms with Gasteiger partial charge in [0.25, 0.3) is 0 Å². The summed E-state index contributed by atoms with van der Waals surface area (Å²) >= 11 is 0. The van der Waals surface area contributed by atoms with E-state index in [2.05, 4.69) is 39.1 Å². The lowest BCUT2D eigenvalue weighted by atomic mass is 10.1. The molecule has 0 saturated carbocycles. The predicted octanol–water partition coefficient (Wildman–Crippen LogP) is 0.533. The number of rotatable bonds is 4. The maximum absolute atomic E-state index is 10.2. The summed E-state index contributed by atoms with van der Waals surface area (Å²) in [5.41, 5.74) is 2.07. The number of furan rings is 1. The standard InChI is InChI=1S/C16H23NO2.ClH/c1-5-11-7-6-8-12-9-14(19-15(11)12)13(18)10-17-16(2,3)4;/h6-9,13,17-18H,5,10H2,1-4H3;1H. The molecular formula is C16H24ClNO2. The Morgan fingerprint density at radius 2 is 2.05 bits per heavy atom. The van der Waals surface area contributed by atoms with Gasteiger partial charge >= 0.3 is 1.43 Å². The fourth-order valence-electron chi connectivity index (χ4n) is 2.09. The van der Waals surface area contributed by atoms with Crippen LogP contribution >= 0.6 is 0 Å². The molecule has 0 aliphatic heterocycles. The van der Waals surface area contributed by atoms with Crippen molar-refractivity contribution in [3.8, 4) is 0 Å². The first-order valence-corrected chi connectivity index (χ1v) is 6.85. The van der Waals surface area contributed by atoms with Crippen LogP contribution < -0.4 is 17.7 Å². The predicted molar refractivity (Wildman–Crippen MR) is 79.4 cm³/mol. The molecule has 2 rings (SSSR count). The molecule has 0 saturated heterocycles. The Morgan fingerprint density at radius 3 is 2.65 bits per heavy atom. The van der Waals surface area contributed by atoms with E-state index in [1.54, 1.807) is 0 Å².